The lowest BCUT2D eigenvalue weighted by Crippen LogP contribution is -2.49. The molecule has 0 spiro atoms. The highest BCUT2D eigenvalue weighted by atomic mass is 16.5. The summed E-state index contributed by atoms with van der Waals surface area (Å²) in [6.45, 7) is 2.94. The number of nitrogens with two attached hydrogens (primary N) is 1. The number of nitrogens with zero attached hydrogens (tertiary/aromatic N) is 4. The average molecular weight is 333 g/mol. The Bertz CT molecular complexity index is 605. The van der Waals surface area contributed by atoms with Gasteiger partial charge in [0.2, 0.25) is 0 Å². The van der Waals surface area contributed by atoms with E-state index in [9.17, 15) is 0 Å². The number of hydrogen-bond donors (Lipinski definition) is 3. The van der Waals surface area contributed by atoms with E-state index >= 15 is 0 Å². The van der Waals surface area contributed by atoms with E-state index in [0.717, 1.165) is 25.3 Å². The molecule has 4 N–H and O–H groups in total. The van der Waals surface area contributed by atoms with Crippen molar-refractivity contribution in [2.24, 2.45) is 10.7 Å². The number of ether oxygens (including phenoxy) is 1. The highest BCUT2D eigenvalue weighted by Crippen LogP contribution is 2.39. The van der Waals surface area contributed by atoms with Crippen molar-refractivity contribution >= 4 is 17.5 Å². The fourth-order valence-electron chi connectivity index (χ4n) is 2.94. The molecular formula is C16H27N7O. The van der Waals surface area contributed by atoms with Crippen molar-refractivity contribution in [3.05, 3.63) is 11.8 Å². The molecule has 132 valence electrons. The van der Waals surface area contributed by atoms with Gasteiger partial charge in [-0.1, -0.05) is 0 Å². The summed E-state index contributed by atoms with van der Waals surface area (Å²) in [6.07, 6.45) is 2.90. The van der Waals surface area contributed by atoms with Crippen LogP contribution in [0.1, 0.15) is 30.9 Å². The van der Waals surface area contributed by atoms with Gasteiger partial charge < -0.3 is 20.3 Å². The predicted octanol–water partition coefficient (Wildman–Crippen LogP) is 0.906. The van der Waals surface area contributed by atoms with E-state index in [1.54, 1.807) is 0 Å². The average Bonchev–Trinajstić information content (AvgIpc) is 3.27. The molecule has 1 atom stereocenters. The minimum Gasteiger partial charge on any atom is -0.387 e. The molecule has 0 amide bonds. The second-order valence-electron chi connectivity index (χ2n) is 6.88. The highest BCUT2D eigenvalue weighted by molar-refractivity contribution is 6.01. The first kappa shape index (κ1) is 16.9. The molecule has 24 heavy (non-hydrogen) atoms. The van der Waals surface area contributed by atoms with Gasteiger partial charge in [0.25, 0.3) is 0 Å². The molecule has 1 saturated carbocycles. The SMILES string of the molecule is CN(C)CC1CN(C(=N)CC(N)=Nc2cc(C3CC3)[nH]n2)CCO1. The summed E-state index contributed by atoms with van der Waals surface area (Å²) in [7, 11) is 4.05. The molecule has 0 bridgehead atoms. The molecular weight excluding hydrogens is 306 g/mol. The van der Waals surface area contributed by atoms with Crippen molar-refractivity contribution in [1.82, 2.24) is 20.0 Å². The van der Waals surface area contributed by atoms with E-state index in [1.165, 1.54) is 12.8 Å². The first-order chi connectivity index (χ1) is 11.5. The topological polar surface area (TPSA) is 107 Å². The summed E-state index contributed by atoms with van der Waals surface area (Å²) in [6, 6.07) is 1.95. The van der Waals surface area contributed by atoms with Crippen LogP contribution in [-0.2, 0) is 4.74 Å². The van der Waals surface area contributed by atoms with Crippen LogP contribution >= 0.6 is 0 Å². The molecule has 3 rings (SSSR count). The zero-order valence-electron chi connectivity index (χ0n) is 14.5. The van der Waals surface area contributed by atoms with Crippen LogP contribution < -0.4 is 5.73 Å². The number of aromatic amines is 1. The van der Waals surface area contributed by atoms with Gasteiger partial charge in [-0.05, 0) is 26.9 Å². The largest absolute Gasteiger partial charge is 0.387 e. The highest BCUT2D eigenvalue weighted by Gasteiger charge is 2.26. The monoisotopic (exact) mass is 333 g/mol. The third kappa shape index (κ3) is 4.55. The zero-order valence-corrected chi connectivity index (χ0v) is 14.5. The molecule has 1 aliphatic carbocycles. The van der Waals surface area contributed by atoms with E-state index in [2.05, 4.69) is 20.1 Å². The molecule has 1 saturated heterocycles. The van der Waals surface area contributed by atoms with Crippen LogP contribution in [0.5, 0.6) is 0 Å². The Morgan fingerprint density at radius 3 is 3.04 bits per heavy atom. The number of morpholine rings is 1. The van der Waals surface area contributed by atoms with Crippen LogP contribution in [0.25, 0.3) is 0 Å². The van der Waals surface area contributed by atoms with Crippen molar-refractivity contribution in [3.8, 4) is 0 Å². The van der Waals surface area contributed by atoms with Crippen LogP contribution in [-0.4, -0.2) is 78.1 Å². The molecule has 2 fully saturated rings. The third-order valence-electron chi connectivity index (χ3n) is 4.30. The molecule has 1 aromatic rings. The van der Waals surface area contributed by atoms with Crippen molar-refractivity contribution in [2.45, 2.75) is 31.3 Å². The number of nitrogens with one attached hydrogen (secondary N) is 2. The van der Waals surface area contributed by atoms with Gasteiger partial charge in [-0.2, -0.15) is 5.10 Å². The molecule has 0 radical (unpaired) electrons. The van der Waals surface area contributed by atoms with Crippen LogP contribution in [0.15, 0.2) is 11.1 Å². The van der Waals surface area contributed by atoms with Gasteiger partial charge in [0.05, 0.1) is 19.1 Å². The lowest BCUT2D eigenvalue weighted by molar-refractivity contribution is -0.0177. The predicted molar refractivity (Wildman–Crippen MR) is 94.1 cm³/mol. The summed E-state index contributed by atoms with van der Waals surface area (Å²) in [5, 5.41) is 15.5. The van der Waals surface area contributed by atoms with Crippen LogP contribution in [0.3, 0.4) is 0 Å². The Morgan fingerprint density at radius 2 is 2.33 bits per heavy atom. The maximum atomic E-state index is 8.30. The molecule has 1 unspecified atom stereocenters. The molecule has 1 aliphatic heterocycles. The Balaban J connectivity index is 1.53. The van der Waals surface area contributed by atoms with E-state index in [1.807, 2.05) is 25.1 Å². The van der Waals surface area contributed by atoms with Gasteiger partial charge in [0.15, 0.2) is 5.82 Å². The number of amidine groups is 2. The number of aromatic nitrogens is 2. The molecule has 2 aliphatic rings. The Kier molecular flexibility index (Phi) is 5.15. The standard InChI is InChI=1S/C16H27N7O/c1-22(2)9-12-10-23(5-6-24-12)15(18)8-14(17)19-16-7-13(20-21-16)11-3-4-11/h7,11-12,18H,3-6,8-10H2,1-2H3,(H3,17,19,20,21). The Morgan fingerprint density at radius 1 is 1.54 bits per heavy atom. The van der Waals surface area contributed by atoms with Gasteiger partial charge in [-0.3, -0.25) is 10.5 Å². The van der Waals surface area contributed by atoms with E-state index in [-0.39, 0.29) is 6.10 Å². The maximum Gasteiger partial charge on any atom is 0.175 e. The maximum absolute atomic E-state index is 8.30. The number of hydrogen-bond acceptors (Lipinski definition) is 5. The summed E-state index contributed by atoms with van der Waals surface area (Å²) >= 11 is 0. The fourth-order valence-corrected chi connectivity index (χ4v) is 2.94. The number of rotatable bonds is 6. The normalized spacial score (nSPS) is 22.2. The quantitative estimate of drug-likeness (QED) is 0.530. The van der Waals surface area contributed by atoms with E-state index in [4.69, 9.17) is 15.9 Å². The van der Waals surface area contributed by atoms with Crippen LogP contribution in [0.2, 0.25) is 0 Å². The number of H-pyrrole nitrogens is 1. The Hall–Kier alpha value is -1.93. The molecule has 8 heteroatoms. The Labute approximate surface area is 142 Å². The minimum absolute atomic E-state index is 0.125. The number of likely N-dealkylation sites (N-methyl/N-ethyl adjacent to an activating group) is 1. The van der Waals surface area contributed by atoms with Gasteiger partial charge in [0, 0.05) is 37.3 Å². The summed E-state index contributed by atoms with van der Waals surface area (Å²) < 4.78 is 5.75. The minimum atomic E-state index is 0.125. The van der Waals surface area contributed by atoms with Crippen LogP contribution in [0, 0.1) is 5.41 Å². The van der Waals surface area contributed by atoms with Gasteiger partial charge >= 0.3 is 0 Å². The van der Waals surface area contributed by atoms with Crippen molar-refractivity contribution in [3.63, 3.8) is 0 Å². The lowest BCUT2D eigenvalue weighted by Gasteiger charge is -2.35. The second-order valence-corrected chi connectivity index (χ2v) is 6.88. The molecule has 1 aromatic heterocycles. The summed E-state index contributed by atoms with van der Waals surface area (Å²) in [5.74, 6) is 2.13. The third-order valence-corrected chi connectivity index (χ3v) is 4.30. The second kappa shape index (κ2) is 7.31. The number of aliphatic imine (C=N–C) groups is 1. The van der Waals surface area contributed by atoms with Gasteiger partial charge in [0.1, 0.15) is 11.7 Å². The van der Waals surface area contributed by atoms with Crippen LogP contribution in [0.4, 0.5) is 5.82 Å². The smallest absolute Gasteiger partial charge is 0.175 e. The summed E-state index contributed by atoms with van der Waals surface area (Å²) in [5.41, 5.74) is 7.15. The zero-order chi connectivity index (χ0) is 17.1. The van der Waals surface area contributed by atoms with Crippen molar-refractivity contribution < 1.29 is 4.74 Å². The molecule has 0 aromatic carbocycles. The molecule has 8 nitrogen and oxygen atoms in total. The summed E-state index contributed by atoms with van der Waals surface area (Å²) in [4.78, 5) is 8.47. The van der Waals surface area contributed by atoms with Gasteiger partial charge in [-0.25, -0.2) is 4.99 Å². The van der Waals surface area contributed by atoms with Crippen molar-refractivity contribution in [2.75, 3.05) is 40.3 Å². The first-order valence-corrected chi connectivity index (χ1v) is 8.48. The van der Waals surface area contributed by atoms with E-state index in [0.29, 0.717) is 36.4 Å². The molecule has 2 heterocycles. The first-order valence-electron chi connectivity index (χ1n) is 8.48. The van der Waals surface area contributed by atoms with E-state index < -0.39 is 0 Å². The van der Waals surface area contributed by atoms with Gasteiger partial charge in [-0.15, -0.1) is 0 Å². The fraction of sp³-hybridized carbons (Fsp3) is 0.688. The van der Waals surface area contributed by atoms with Crippen molar-refractivity contribution in [1.29, 1.82) is 5.41 Å². The lowest BCUT2D eigenvalue weighted by atomic mass is 10.2.